The van der Waals surface area contributed by atoms with Gasteiger partial charge in [-0.1, -0.05) is 0 Å². The summed E-state index contributed by atoms with van der Waals surface area (Å²) in [6.07, 6.45) is 0. The predicted molar refractivity (Wildman–Crippen MR) is 55.6 cm³/mol. The Hall–Kier alpha value is -0.840. The van der Waals surface area contributed by atoms with Crippen molar-refractivity contribution in [3.63, 3.8) is 0 Å². The third-order valence-corrected chi connectivity index (χ3v) is 3.48. The second kappa shape index (κ2) is 4.13. The van der Waals surface area contributed by atoms with Gasteiger partial charge in [-0.15, -0.1) is 11.8 Å². The van der Waals surface area contributed by atoms with Crippen molar-refractivity contribution in [3.8, 4) is 0 Å². The van der Waals surface area contributed by atoms with Crippen LogP contribution >= 0.6 is 11.8 Å². The average Bonchev–Trinajstić information content (AvgIpc) is 2.49. The maximum absolute atomic E-state index is 11.4. The van der Waals surface area contributed by atoms with E-state index in [1.807, 2.05) is 0 Å². The third-order valence-electron chi connectivity index (χ3n) is 2.17. The topological polar surface area (TPSA) is 55.7 Å². The Balaban J connectivity index is 2.88. The molecule has 1 aliphatic heterocycles. The van der Waals surface area contributed by atoms with Crippen LogP contribution in [0.1, 0.15) is 20.8 Å². The number of aliphatic imine (C=N–C) groups is 1. The standard InChI is InChI=1S/C9H13NO3S/c1-4-13-8(12)7-9(3,6(2)11)14-5-10-7/h4-5H2,1-3H3. The molecule has 0 aromatic carbocycles. The number of carbonyl (C=O) groups excluding carboxylic acids is 2. The van der Waals surface area contributed by atoms with Crippen molar-refractivity contribution in [3.05, 3.63) is 0 Å². The number of rotatable bonds is 3. The number of Topliss-reactive ketones (excluding diaryl/α,β-unsaturated/α-hetero) is 1. The number of esters is 1. The van der Waals surface area contributed by atoms with Crippen molar-refractivity contribution < 1.29 is 14.3 Å². The molecule has 0 saturated carbocycles. The molecule has 0 aromatic rings. The lowest BCUT2D eigenvalue weighted by Crippen LogP contribution is -2.41. The van der Waals surface area contributed by atoms with Crippen LogP contribution in [0.2, 0.25) is 0 Å². The van der Waals surface area contributed by atoms with Crippen LogP contribution in [0.3, 0.4) is 0 Å². The van der Waals surface area contributed by atoms with E-state index in [2.05, 4.69) is 4.99 Å². The molecule has 14 heavy (non-hydrogen) atoms. The van der Waals surface area contributed by atoms with Gasteiger partial charge in [0.15, 0.2) is 5.78 Å². The lowest BCUT2D eigenvalue weighted by atomic mass is 10.0. The summed E-state index contributed by atoms with van der Waals surface area (Å²) >= 11 is 1.36. The molecule has 0 N–H and O–H groups in total. The minimum atomic E-state index is -0.813. The van der Waals surface area contributed by atoms with Crippen molar-refractivity contribution in [1.82, 2.24) is 0 Å². The molecule has 5 heteroatoms. The lowest BCUT2D eigenvalue weighted by molar-refractivity contribution is -0.135. The van der Waals surface area contributed by atoms with Gasteiger partial charge in [0.05, 0.1) is 12.5 Å². The van der Waals surface area contributed by atoms with Gasteiger partial charge in [0, 0.05) is 0 Å². The molecule has 4 nitrogen and oxygen atoms in total. The van der Waals surface area contributed by atoms with E-state index in [1.54, 1.807) is 13.8 Å². The maximum Gasteiger partial charge on any atom is 0.354 e. The minimum Gasteiger partial charge on any atom is -0.461 e. The molecule has 0 aliphatic carbocycles. The van der Waals surface area contributed by atoms with Gasteiger partial charge in [0.25, 0.3) is 0 Å². The van der Waals surface area contributed by atoms with Gasteiger partial charge in [-0.05, 0) is 20.8 Å². The Morgan fingerprint density at radius 1 is 1.64 bits per heavy atom. The van der Waals surface area contributed by atoms with Crippen LogP contribution in [0.5, 0.6) is 0 Å². The zero-order chi connectivity index (χ0) is 10.8. The molecule has 0 spiro atoms. The van der Waals surface area contributed by atoms with Crippen molar-refractivity contribution in [2.75, 3.05) is 12.5 Å². The molecule has 1 aliphatic rings. The fraction of sp³-hybridized carbons (Fsp3) is 0.667. The van der Waals surface area contributed by atoms with E-state index in [4.69, 9.17) is 4.74 Å². The fourth-order valence-corrected chi connectivity index (χ4v) is 2.11. The number of ketones is 1. The highest BCUT2D eigenvalue weighted by Crippen LogP contribution is 2.33. The van der Waals surface area contributed by atoms with Crippen LogP contribution in [0.25, 0.3) is 0 Å². The lowest BCUT2D eigenvalue weighted by Gasteiger charge is -2.19. The molecule has 78 valence electrons. The van der Waals surface area contributed by atoms with E-state index in [9.17, 15) is 9.59 Å². The van der Waals surface area contributed by atoms with Gasteiger partial charge in [-0.3, -0.25) is 9.79 Å². The Morgan fingerprint density at radius 2 is 2.29 bits per heavy atom. The van der Waals surface area contributed by atoms with Crippen LogP contribution in [0, 0.1) is 0 Å². The molecule has 1 unspecified atom stereocenters. The van der Waals surface area contributed by atoms with Crippen molar-refractivity contribution >= 4 is 29.2 Å². The first kappa shape index (κ1) is 11.2. The molecule has 0 amide bonds. The number of nitrogens with zero attached hydrogens (tertiary/aromatic N) is 1. The summed E-state index contributed by atoms with van der Waals surface area (Å²) in [4.78, 5) is 26.8. The van der Waals surface area contributed by atoms with Crippen LogP contribution in [-0.4, -0.2) is 34.7 Å². The van der Waals surface area contributed by atoms with E-state index in [0.29, 0.717) is 12.5 Å². The van der Waals surface area contributed by atoms with Crippen molar-refractivity contribution in [2.24, 2.45) is 4.99 Å². The summed E-state index contributed by atoms with van der Waals surface area (Å²) in [5, 5.41) is 0. The van der Waals surface area contributed by atoms with Gasteiger partial charge in [-0.25, -0.2) is 4.79 Å². The number of hydrogen-bond acceptors (Lipinski definition) is 5. The highest BCUT2D eigenvalue weighted by atomic mass is 32.2. The number of thioether (sulfide) groups is 1. The van der Waals surface area contributed by atoms with E-state index in [-0.39, 0.29) is 11.5 Å². The van der Waals surface area contributed by atoms with Gasteiger partial charge >= 0.3 is 5.97 Å². The normalized spacial score (nSPS) is 25.8. The van der Waals surface area contributed by atoms with Gasteiger partial charge in [0.2, 0.25) is 0 Å². The fourth-order valence-electron chi connectivity index (χ4n) is 1.17. The highest BCUT2D eigenvalue weighted by molar-refractivity contribution is 8.02. The van der Waals surface area contributed by atoms with E-state index in [0.717, 1.165) is 0 Å². The molecule has 0 radical (unpaired) electrons. The van der Waals surface area contributed by atoms with Crippen molar-refractivity contribution in [2.45, 2.75) is 25.5 Å². The van der Waals surface area contributed by atoms with Crippen LogP contribution < -0.4 is 0 Å². The first-order valence-corrected chi connectivity index (χ1v) is 5.38. The first-order valence-electron chi connectivity index (χ1n) is 4.39. The molecule has 0 bridgehead atoms. The summed E-state index contributed by atoms with van der Waals surface area (Å²) in [7, 11) is 0. The summed E-state index contributed by atoms with van der Waals surface area (Å²) in [5.74, 6) is -0.0912. The van der Waals surface area contributed by atoms with Crippen LogP contribution in [-0.2, 0) is 14.3 Å². The molecular formula is C9H13NO3S. The second-order valence-electron chi connectivity index (χ2n) is 3.09. The molecule has 1 rings (SSSR count). The zero-order valence-corrected chi connectivity index (χ0v) is 9.31. The van der Waals surface area contributed by atoms with Gasteiger partial charge in [0.1, 0.15) is 10.5 Å². The summed E-state index contributed by atoms with van der Waals surface area (Å²) < 4.78 is 4.02. The Bertz CT molecular complexity index is 300. The number of hydrogen-bond donors (Lipinski definition) is 0. The molecule has 0 fully saturated rings. The van der Waals surface area contributed by atoms with E-state index >= 15 is 0 Å². The smallest absolute Gasteiger partial charge is 0.354 e. The van der Waals surface area contributed by atoms with Crippen LogP contribution in [0.4, 0.5) is 0 Å². The highest BCUT2D eigenvalue weighted by Gasteiger charge is 2.44. The summed E-state index contributed by atoms with van der Waals surface area (Å²) in [5.41, 5.74) is 0.247. The predicted octanol–water partition coefficient (Wildman–Crippen LogP) is 1.04. The van der Waals surface area contributed by atoms with Gasteiger partial charge in [-0.2, -0.15) is 0 Å². The molecule has 1 atom stereocenters. The quantitative estimate of drug-likeness (QED) is 0.660. The van der Waals surface area contributed by atoms with Gasteiger partial charge < -0.3 is 4.74 Å². The van der Waals surface area contributed by atoms with E-state index in [1.165, 1.54) is 18.7 Å². The first-order chi connectivity index (χ1) is 6.52. The Labute approximate surface area is 87.1 Å². The molecule has 0 aromatic heterocycles. The Morgan fingerprint density at radius 3 is 2.79 bits per heavy atom. The molecule has 0 saturated heterocycles. The Kier molecular flexibility index (Phi) is 3.31. The average molecular weight is 215 g/mol. The minimum absolute atomic E-state index is 0.0631. The summed E-state index contributed by atoms with van der Waals surface area (Å²) in [6.45, 7) is 5.21. The number of ether oxygens (including phenoxy) is 1. The zero-order valence-electron chi connectivity index (χ0n) is 8.49. The van der Waals surface area contributed by atoms with Crippen molar-refractivity contribution in [1.29, 1.82) is 0 Å². The molecular weight excluding hydrogens is 202 g/mol. The third kappa shape index (κ3) is 1.82. The second-order valence-corrected chi connectivity index (χ2v) is 4.45. The SMILES string of the molecule is CCOC(=O)C1=NCSC1(C)C(C)=O. The maximum atomic E-state index is 11.4. The summed E-state index contributed by atoms with van der Waals surface area (Å²) in [6, 6.07) is 0. The largest absolute Gasteiger partial charge is 0.461 e. The molecule has 1 heterocycles. The van der Waals surface area contributed by atoms with Crippen LogP contribution in [0.15, 0.2) is 4.99 Å². The van der Waals surface area contributed by atoms with E-state index < -0.39 is 10.7 Å². The number of carbonyl (C=O) groups is 2. The monoisotopic (exact) mass is 215 g/mol.